The van der Waals surface area contributed by atoms with E-state index in [9.17, 15) is 5.11 Å². The van der Waals surface area contributed by atoms with E-state index in [1.807, 2.05) is 0 Å². The minimum absolute atomic E-state index is 0.0980. The van der Waals surface area contributed by atoms with Crippen LogP contribution in [-0.4, -0.2) is 27.0 Å². The fourth-order valence-electron chi connectivity index (χ4n) is 8.21. The van der Waals surface area contributed by atoms with E-state index in [1.165, 1.54) is 28.0 Å². The van der Waals surface area contributed by atoms with E-state index in [4.69, 9.17) is 4.74 Å². The first-order chi connectivity index (χ1) is 16.6. The predicted molar refractivity (Wildman–Crippen MR) is 142 cm³/mol. The lowest BCUT2D eigenvalue weighted by atomic mass is 9.64. The molecule has 2 fully saturated rings. The first-order valence-electron chi connectivity index (χ1n) is 13.6. The fraction of sp³-hybridized carbons (Fsp3) is 0.562. The third-order valence-electron chi connectivity index (χ3n) is 9.90. The van der Waals surface area contributed by atoms with Crippen LogP contribution >= 0.6 is 0 Å². The van der Waals surface area contributed by atoms with Gasteiger partial charge in [0.05, 0.1) is 17.3 Å². The first-order valence-corrected chi connectivity index (χ1v) is 13.6. The first kappa shape index (κ1) is 23.3. The summed E-state index contributed by atoms with van der Waals surface area (Å²) >= 11 is 0. The number of rotatable bonds is 3. The molecular weight excluding hydrogens is 430 g/mol. The smallest absolute Gasteiger partial charge is 0.0784 e. The van der Waals surface area contributed by atoms with E-state index >= 15 is 0 Å². The zero-order chi connectivity index (χ0) is 24.6. The lowest BCUT2D eigenvalue weighted by Gasteiger charge is -2.43. The van der Waals surface area contributed by atoms with Crippen molar-refractivity contribution < 1.29 is 9.84 Å². The van der Waals surface area contributed by atoms with Crippen LogP contribution < -0.4 is 0 Å². The number of nitrogens with zero attached hydrogens (tertiary/aromatic N) is 1. The summed E-state index contributed by atoms with van der Waals surface area (Å²) in [4.78, 5) is 0. The highest BCUT2D eigenvalue weighted by atomic mass is 16.5. The van der Waals surface area contributed by atoms with Crippen LogP contribution in [0.4, 0.5) is 0 Å². The van der Waals surface area contributed by atoms with Crippen molar-refractivity contribution in [2.75, 3.05) is 0 Å². The van der Waals surface area contributed by atoms with Crippen molar-refractivity contribution in [1.29, 1.82) is 0 Å². The number of aromatic nitrogens is 1. The number of hydrogen-bond acceptors (Lipinski definition) is 2. The molecule has 1 N–H and O–H groups in total. The second-order valence-electron chi connectivity index (χ2n) is 12.8. The maximum absolute atomic E-state index is 11.7. The number of allylic oxidation sites excluding steroid dienone is 1. The van der Waals surface area contributed by atoms with Gasteiger partial charge in [0, 0.05) is 36.7 Å². The summed E-state index contributed by atoms with van der Waals surface area (Å²) in [5.74, 6) is 1.06. The summed E-state index contributed by atoms with van der Waals surface area (Å²) in [7, 11) is 0. The third-order valence-corrected chi connectivity index (χ3v) is 9.90. The molecule has 0 unspecified atom stereocenters. The van der Waals surface area contributed by atoms with Crippen LogP contribution in [0.1, 0.15) is 88.6 Å². The molecule has 2 aromatic rings. The third kappa shape index (κ3) is 3.61. The van der Waals surface area contributed by atoms with Crippen LogP contribution in [0.3, 0.4) is 0 Å². The molecule has 0 radical (unpaired) electrons. The molecule has 0 amide bonds. The molecule has 7 atom stereocenters. The van der Waals surface area contributed by atoms with Crippen LogP contribution in [0.2, 0.25) is 0 Å². The number of ether oxygens (including phenoxy) is 1. The molecule has 1 aliphatic heterocycles. The second kappa shape index (κ2) is 7.95. The molecule has 4 aliphatic rings. The summed E-state index contributed by atoms with van der Waals surface area (Å²) in [5.41, 5.74) is 5.99. The Morgan fingerprint density at radius 2 is 1.94 bits per heavy atom. The van der Waals surface area contributed by atoms with Crippen molar-refractivity contribution in [2.45, 2.75) is 96.5 Å². The van der Waals surface area contributed by atoms with Gasteiger partial charge in [-0.1, -0.05) is 68.0 Å². The van der Waals surface area contributed by atoms with Gasteiger partial charge in [0.25, 0.3) is 0 Å². The maximum Gasteiger partial charge on any atom is 0.0784 e. The quantitative estimate of drug-likeness (QED) is 0.495. The molecule has 3 aliphatic carbocycles. The minimum Gasteiger partial charge on any atom is -0.389 e. The van der Waals surface area contributed by atoms with Gasteiger partial charge in [0.1, 0.15) is 0 Å². The van der Waals surface area contributed by atoms with Gasteiger partial charge >= 0.3 is 0 Å². The Morgan fingerprint density at radius 3 is 2.69 bits per heavy atom. The van der Waals surface area contributed by atoms with Crippen molar-refractivity contribution in [2.24, 2.45) is 17.3 Å². The van der Waals surface area contributed by atoms with Crippen LogP contribution in [0.15, 0.2) is 54.3 Å². The van der Waals surface area contributed by atoms with Gasteiger partial charge in [-0.15, -0.1) is 0 Å². The van der Waals surface area contributed by atoms with Gasteiger partial charge in [-0.3, -0.25) is 0 Å². The molecule has 35 heavy (non-hydrogen) atoms. The van der Waals surface area contributed by atoms with Gasteiger partial charge in [0.2, 0.25) is 0 Å². The average Bonchev–Trinajstić information content (AvgIpc) is 3.43. The van der Waals surface area contributed by atoms with Crippen LogP contribution in [0.5, 0.6) is 0 Å². The van der Waals surface area contributed by atoms with Crippen molar-refractivity contribution in [3.05, 3.63) is 76.6 Å². The van der Waals surface area contributed by atoms with Gasteiger partial charge in [0.15, 0.2) is 0 Å². The Hall–Kier alpha value is -2.10. The number of fused-ring (bicyclic) bond motifs is 2. The zero-order valence-electron chi connectivity index (χ0n) is 22.1. The Balaban J connectivity index is 1.41. The van der Waals surface area contributed by atoms with E-state index in [0.717, 1.165) is 38.6 Å². The Labute approximate surface area is 210 Å². The van der Waals surface area contributed by atoms with Gasteiger partial charge in [-0.2, -0.15) is 0 Å². The summed E-state index contributed by atoms with van der Waals surface area (Å²) in [6.07, 6.45) is 14.9. The molecule has 6 rings (SSSR count). The zero-order valence-corrected chi connectivity index (χ0v) is 22.1. The van der Waals surface area contributed by atoms with Crippen molar-refractivity contribution in [3.8, 4) is 0 Å². The van der Waals surface area contributed by atoms with Crippen molar-refractivity contribution >= 4 is 6.08 Å². The van der Waals surface area contributed by atoms with E-state index in [0.29, 0.717) is 11.8 Å². The van der Waals surface area contributed by atoms with Gasteiger partial charge < -0.3 is 14.4 Å². The normalized spacial score (nSPS) is 40.3. The molecule has 1 aromatic carbocycles. The number of benzene rings is 1. The average molecular weight is 472 g/mol. The molecule has 3 nitrogen and oxygen atoms in total. The highest BCUT2D eigenvalue weighted by Gasteiger charge is 2.62. The van der Waals surface area contributed by atoms with Crippen LogP contribution in [-0.2, 0) is 17.7 Å². The monoisotopic (exact) mass is 471 g/mol. The Bertz CT molecular complexity index is 1180. The van der Waals surface area contributed by atoms with Gasteiger partial charge in [-0.05, 0) is 74.5 Å². The highest BCUT2D eigenvalue weighted by Crippen LogP contribution is 2.64. The summed E-state index contributed by atoms with van der Waals surface area (Å²) in [6.45, 7) is 12.2. The van der Waals surface area contributed by atoms with Crippen molar-refractivity contribution in [3.63, 3.8) is 0 Å². The van der Waals surface area contributed by atoms with E-state index < -0.39 is 5.60 Å². The molecule has 186 valence electrons. The topological polar surface area (TPSA) is 34.4 Å². The van der Waals surface area contributed by atoms with Crippen LogP contribution in [0.25, 0.3) is 6.08 Å². The Morgan fingerprint density at radius 1 is 1.17 bits per heavy atom. The largest absolute Gasteiger partial charge is 0.389 e. The SMILES string of the molecule is CC(C)=C[C@H]1C[C@H](C)[C@]2(CC[C@]3(C)C[C@H]4c5c(cn(Cc6ccccc6)c5C[C@@]4(C)O)/C=C\[C@H]32)O1. The highest BCUT2D eigenvalue weighted by molar-refractivity contribution is 5.61. The van der Waals surface area contributed by atoms with E-state index in [1.54, 1.807) is 0 Å². The molecule has 1 saturated heterocycles. The Kier molecular flexibility index (Phi) is 5.29. The fourth-order valence-corrected chi connectivity index (χ4v) is 8.21. The summed E-state index contributed by atoms with van der Waals surface area (Å²) in [5, 5.41) is 11.7. The maximum atomic E-state index is 11.7. The van der Waals surface area contributed by atoms with Crippen LogP contribution in [0, 0.1) is 17.3 Å². The predicted octanol–water partition coefficient (Wildman–Crippen LogP) is 6.89. The molecular formula is C32H41NO2. The summed E-state index contributed by atoms with van der Waals surface area (Å²) < 4.78 is 9.38. The molecule has 3 heteroatoms. The van der Waals surface area contributed by atoms with E-state index in [-0.39, 0.29) is 23.0 Å². The second-order valence-corrected chi connectivity index (χ2v) is 12.8. The molecule has 1 spiro atoms. The standard InChI is InChI=1S/C32H41NO2/c1-21(2)15-25-16-22(3)32(35-25)14-13-30(4)17-26-29-24(11-12-28(30)32)20-33(27(29)18-31(26,5)34)19-23-9-7-6-8-10-23/h6-12,15,20,22,25-26,28,34H,13-14,16-19H2,1-5H3/b12-11-/t22-,25-,26-,28+,30+,31+,32-/m0/s1. The minimum atomic E-state index is -0.708. The molecule has 1 aromatic heterocycles. The van der Waals surface area contributed by atoms with Crippen molar-refractivity contribution in [1.82, 2.24) is 4.57 Å². The number of hydrogen-bond donors (Lipinski definition) is 1. The molecule has 2 heterocycles. The number of aliphatic hydroxyl groups is 1. The van der Waals surface area contributed by atoms with E-state index in [2.05, 4.69) is 93.9 Å². The van der Waals surface area contributed by atoms with Gasteiger partial charge in [-0.25, -0.2) is 0 Å². The molecule has 0 bridgehead atoms. The molecule has 1 saturated carbocycles. The lowest BCUT2D eigenvalue weighted by molar-refractivity contribution is -0.0744. The summed E-state index contributed by atoms with van der Waals surface area (Å²) in [6, 6.07) is 10.7. The lowest BCUT2D eigenvalue weighted by Crippen LogP contribution is -2.44.